The second-order valence-electron chi connectivity index (χ2n) is 9.51. The Morgan fingerprint density at radius 1 is 1.33 bits per heavy atom. The van der Waals surface area contributed by atoms with Gasteiger partial charge in [-0.15, -0.1) is 11.3 Å². The van der Waals surface area contributed by atoms with Crippen molar-refractivity contribution >= 4 is 46.0 Å². The number of ether oxygens (including phenoxy) is 2. The van der Waals surface area contributed by atoms with E-state index >= 15 is 0 Å². The summed E-state index contributed by atoms with van der Waals surface area (Å²) in [6.45, 7) is 7.98. The molecule has 2 aromatic rings. The molecule has 1 saturated carbocycles. The molecule has 2 fully saturated rings. The van der Waals surface area contributed by atoms with Gasteiger partial charge in [0.2, 0.25) is 11.7 Å². The van der Waals surface area contributed by atoms with E-state index in [2.05, 4.69) is 20.9 Å². The molecule has 0 spiro atoms. The predicted octanol–water partition coefficient (Wildman–Crippen LogP) is 4.59. The van der Waals surface area contributed by atoms with Crippen LogP contribution in [0, 0.1) is 16.0 Å². The molecule has 196 valence electrons. The molecular weight excluding hydrogens is 506 g/mol. The Balaban J connectivity index is 1.58. The normalized spacial score (nSPS) is 25.2. The van der Waals surface area contributed by atoms with Crippen LogP contribution in [0.1, 0.15) is 45.4 Å². The summed E-state index contributed by atoms with van der Waals surface area (Å²) < 4.78 is 12.2. The van der Waals surface area contributed by atoms with Crippen molar-refractivity contribution in [3.63, 3.8) is 0 Å². The summed E-state index contributed by atoms with van der Waals surface area (Å²) in [5, 5.41) is 24.2. The number of halogens is 1. The van der Waals surface area contributed by atoms with E-state index in [1.54, 1.807) is 31.3 Å². The molecule has 3 N–H and O–H groups in total. The molecule has 1 unspecified atom stereocenters. The smallest absolute Gasteiger partial charge is 0.334 e. The predicted molar refractivity (Wildman–Crippen MR) is 140 cm³/mol. The summed E-state index contributed by atoms with van der Waals surface area (Å²) in [4.78, 5) is 29.8. The third kappa shape index (κ3) is 5.59. The first-order chi connectivity index (χ1) is 17.1. The number of amides is 1. The summed E-state index contributed by atoms with van der Waals surface area (Å²) in [6.07, 6.45) is 2.43. The van der Waals surface area contributed by atoms with Crippen LogP contribution in [-0.2, 0) is 20.7 Å². The Labute approximate surface area is 219 Å². The average molecular weight is 538 g/mol. The number of nitro groups is 1. The monoisotopic (exact) mass is 537 g/mol. The second-order valence-corrected chi connectivity index (χ2v) is 10.9. The van der Waals surface area contributed by atoms with Gasteiger partial charge in [0.15, 0.2) is 5.79 Å². The molecule has 3 heterocycles. The largest absolute Gasteiger partial charge is 0.376 e. The minimum Gasteiger partial charge on any atom is -0.376 e. The highest BCUT2D eigenvalue weighted by molar-refractivity contribution is 7.10. The zero-order chi connectivity index (χ0) is 26.0. The van der Waals surface area contributed by atoms with Crippen LogP contribution in [0.5, 0.6) is 0 Å². The zero-order valence-corrected chi connectivity index (χ0v) is 22.3. The number of pyridine rings is 1. The molecule has 12 heteroatoms. The Morgan fingerprint density at radius 2 is 2.08 bits per heavy atom. The van der Waals surface area contributed by atoms with Gasteiger partial charge in [-0.1, -0.05) is 18.5 Å². The minimum absolute atomic E-state index is 0.0551. The maximum Gasteiger partial charge on any atom is 0.334 e. The number of nitrogens with zero attached hydrogens (tertiary/aromatic N) is 2. The molecule has 1 amide bonds. The van der Waals surface area contributed by atoms with Gasteiger partial charge in [-0.2, -0.15) is 0 Å². The van der Waals surface area contributed by atoms with Gasteiger partial charge in [-0.25, -0.2) is 4.98 Å². The minimum atomic E-state index is -0.861. The zero-order valence-electron chi connectivity index (χ0n) is 20.7. The SMILES string of the molecule is CCNC(=O)[C@H]1CC(Nc2nccc(N[C@H](CC)Cc3sccc3Cl)c2[N+](=O)[O-])[C@@H]2OC(C)(C)O[C@H]12. The van der Waals surface area contributed by atoms with Crippen molar-refractivity contribution in [2.45, 2.75) is 77.0 Å². The van der Waals surface area contributed by atoms with E-state index in [1.165, 1.54) is 6.20 Å². The van der Waals surface area contributed by atoms with E-state index in [9.17, 15) is 14.9 Å². The molecule has 5 atom stereocenters. The fourth-order valence-corrected chi connectivity index (χ4v) is 6.13. The van der Waals surface area contributed by atoms with Crippen LogP contribution in [0.2, 0.25) is 5.02 Å². The van der Waals surface area contributed by atoms with E-state index in [1.807, 2.05) is 25.3 Å². The van der Waals surface area contributed by atoms with Crippen molar-refractivity contribution in [1.29, 1.82) is 0 Å². The molecule has 2 aromatic heterocycles. The molecule has 36 heavy (non-hydrogen) atoms. The summed E-state index contributed by atoms with van der Waals surface area (Å²) >= 11 is 7.83. The van der Waals surface area contributed by atoms with E-state index in [4.69, 9.17) is 21.1 Å². The number of anilines is 2. The summed E-state index contributed by atoms with van der Waals surface area (Å²) in [5.41, 5.74) is 0.222. The van der Waals surface area contributed by atoms with Crippen LogP contribution >= 0.6 is 22.9 Å². The number of nitrogens with one attached hydrogen (secondary N) is 3. The number of rotatable bonds is 10. The first kappa shape index (κ1) is 26.6. The number of carbonyl (C=O) groups excluding carboxylic acids is 1. The first-order valence-electron chi connectivity index (χ1n) is 12.1. The Hall–Kier alpha value is -2.47. The van der Waals surface area contributed by atoms with Gasteiger partial charge in [0, 0.05) is 30.1 Å². The number of aromatic nitrogens is 1. The third-order valence-corrected chi connectivity index (χ3v) is 7.97. The van der Waals surface area contributed by atoms with Crippen LogP contribution in [0.4, 0.5) is 17.2 Å². The maximum atomic E-state index is 12.7. The van der Waals surface area contributed by atoms with Gasteiger partial charge >= 0.3 is 5.69 Å². The highest BCUT2D eigenvalue weighted by atomic mass is 35.5. The van der Waals surface area contributed by atoms with Crippen molar-refractivity contribution in [2.24, 2.45) is 5.92 Å². The number of hydrogen-bond acceptors (Lipinski definition) is 9. The molecule has 2 aliphatic rings. The molecule has 0 radical (unpaired) electrons. The summed E-state index contributed by atoms with van der Waals surface area (Å²) in [6, 6.07) is 3.01. The van der Waals surface area contributed by atoms with Crippen LogP contribution in [0.15, 0.2) is 23.7 Å². The van der Waals surface area contributed by atoms with E-state index < -0.39 is 34.9 Å². The molecular formula is C24H32ClN5O5S. The molecule has 1 aliphatic heterocycles. The highest BCUT2D eigenvalue weighted by Gasteiger charge is 2.56. The maximum absolute atomic E-state index is 12.7. The van der Waals surface area contributed by atoms with E-state index in [-0.39, 0.29) is 23.5 Å². The highest BCUT2D eigenvalue weighted by Crippen LogP contribution is 2.44. The van der Waals surface area contributed by atoms with Crippen LogP contribution < -0.4 is 16.0 Å². The second kappa shape index (κ2) is 10.9. The Bertz CT molecular complexity index is 1110. The van der Waals surface area contributed by atoms with Crippen molar-refractivity contribution in [3.05, 3.63) is 43.7 Å². The van der Waals surface area contributed by atoms with Crippen molar-refractivity contribution in [1.82, 2.24) is 10.3 Å². The summed E-state index contributed by atoms with van der Waals surface area (Å²) in [5.74, 6) is -1.29. The third-order valence-electron chi connectivity index (χ3n) is 6.56. The van der Waals surface area contributed by atoms with Crippen LogP contribution in [-0.4, -0.2) is 52.4 Å². The standard InChI is InChI=1S/C24H32ClN5O5S/c1-5-13(11-18-15(25)8-10-36-18)28-16-7-9-27-22(19(16)30(32)33)29-17-12-14(23(31)26-6-2)20-21(17)35-24(3,4)34-20/h7-10,13-14,17,20-21H,5-6,11-12H2,1-4H3,(H,26,31)(H2,27,28,29)/t13-,14+,17?,20-,21+/m1/s1. The topological polar surface area (TPSA) is 128 Å². The molecule has 4 rings (SSSR count). The van der Waals surface area contributed by atoms with E-state index in [0.717, 1.165) is 11.3 Å². The van der Waals surface area contributed by atoms with Gasteiger partial charge in [-0.3, -0.25) is 14.9 Å². The number of hydrogen-bond donors (Lipinski definition) is 3. The lowest BCUT2D eigenvalue weighted by molar-refractivity contribution is -0.383. The lowest BCUT2D eigenvalue weighted by Gasteiger charge is -2.24. The van der Waals surface area contributed by atoms with Gasteiger partial charge in [-0.05, 0) is 51.1 Å². The fourth-order valence-electron chi connectivity index (χ4n) is 4.93. The van der Waals surface area contributed by atoms with Gasteiger partial charge in [0.1, 0.15) is 17.9 Å². The molecule has 1 aliphatic carbocycles. The van der Waals surface area contributed by atoms with Gasteiger partial charge < -0.3 is 25.4 Å². The number of carbonyl (C=O) groups is 1. The Kier molecular flexibility index (Phi) is 8.03. The van der Waals surface area contributed by atoms with Crippen LogP contribution in [0.3, 0.4) is 0 Å². The molecule has 10 nitrogen and oxygen atoms in total. The average Bonchev–Trinajstić information content (AvgIpc) is 3.46. The van der Waals surface area contributed by atoms with E-state index in [0.29, 0.717) is 30.1 Å². The lowest BCUT2D eigenvalue weighted by atomic mass is 10.0. The molecule has 1 saturated heterocycles. The van der Waals surface area contributed by atoms with Crippen LogP contribution in [0.25, 0.3) is 0 Å². The van der Waals surface area contributed by atoms with Gasteiger partial charge in [0.25, 0.3) is 0 Å². The first-order valence-corrected chi connectivity index (χ1v) is 13.4. The quantitative estimate of drug-likeness (QED) is 0.296. The number of fused-ring (bicyclic) bond motifs is 1. The van der Waals surface area contributed by atoms with Crippen molar-refractivity contribution in [3.8, 4) is 0 Å². The fraction of sp³-hybridized carbons (Fsp3) is 0.583. The number of thiophene rings is 1. The van der Waals surface area contributed by atoms with Crippen molar-refractivity contribution in [2.75, 3.05) is 17.2 Å². The lowest BCUT2D eigenvalue weighted by Crippen LogP contribution is -2.37. The molecule has 0 aromatic carbocycles. The molecule has 0 bridgehead atoms. The van der Waals surface area contributed by atoms with Crippen molar-refractivity contribution < 1.29 is 19.2 Å². The summed E-state index contributed by atoms with van der Waals surface area (Å²) in [7, 11) is 0. The van der Waals surface area contributed by atoms with Gasteiger partial charge in [0.05, 0.1) is 21.9 Å². The Morgan fingerprint density at radius 3 is 2.72 bits per heavy atom.